The molecule has 0 saturated carbocycles. The van der Waals surface area contributed by atoms with E-state index in [0.29, 0.717) is 23.2 Å². The number of carbonyl (C=O) groups excluding carboxylic acids is 1. The number of hydrogen-bond acceptors (Lipinski definition) is 5. The summed E-state index contributed by atoms with van der Waals surface area (Å²) in [6.07, 6.45) is 0.0457. The predicted octanol–water partition coefficient (Wildman–Crippen LogP) is -0.166. The van der Waals surface area contributed by atoms with Crippen molar-refractivity contribution in [1.29, 1.82) is 0 Å². The largest absolute Gasteiger partial charge is 0.492 e. The van der Waals surface area contributed by atoms with Gasteiger partial charge in [0.05, 0.1) is 6.61 Å². The van der Waals surface area contributed by atoms with Crippen molar-refractivity contribution in [3.05, 3.63) is 28.8 Å². The Morgan fingerprint density at radius 3 is 2.76 bits per heavy atom. The summed E-state index contributed by atoms with van der Waals surface area (Å²) in [5.41, 5.74) is 8.18. The molecule has 1 aromatic carbocycles. The Morgan fingerprint density at radius 1 is 1.48 bits per heavy atom. The van der Waals surface area contributed by atoms with Gasteiger partial charge in [0.25, 0.3) is 0 Å². The van der Waals surface area contributed by atoms with Crippen LogP contribution in [-0.4, -0.2) is 35.0 Å². The number of aliphatic carboxylic acids is 1. The van der Waals surface area contributed by atoms with Crippen LogP contribution in [0.3, 0.4) is 0 Å². The van der Waals surface area contributed by atoms with Crippen molar-refractivity contribution in [2.75, 3.05) is 0 Å². The number of ketones is 1. The van der Waals surface area contributed by atoms with Crippen LogP contribution in [0.5, 0.6) is 0 Å². The van der Waals surface area contributed by atoms with Gasteiger partial charge in [-0.15, -0.1) is 0 Å². The summed E-state index contributed by atoms with van der Waals surface area (Å²) >= 11 is 0. The summed E-state index contributed by atoms with van der Waals surface area (Å²) in [6, 6.07) is 2.38. The van der Waals surface area contributed by atoms with Crippen molar-refractivity contribution in [3.8, 4) is 0 Å². The standard InChI is InChI=1S/C14H18BNO5/c1-7(13(16)14(18)19)5-11(17)10-4-3-9-6-21-15(20)12(9)8(10)2/h3-4,7,13,20H,5-6,16H2,1-2H3,(H,18,19)/t7?,13-/m0/s1. The van der Waals surface area contributed by atoms with Crippen molar-refractivity contribution >= 4 is 24.3 Å². The van der Waals surface area contributed by atoms with Gasteiger partial charge in [-0.2, -0.15) is 0 Å². The zero-order valence-electron chi connectivity index (χ0n) is 12.0. The fourth-order valence-electron chi connectivity index (χ4n) is 2.58. The van der Waals surface area contributed by atoms with Gasteiger partial charge in [0.1, 0.15) is 6.04 Å². The highest BCUT2D eigenvalue weighted by atomic mass is 16.5. The van der Waals surface area contributed by atoms with Gasteiger partial charge >= 0.3 is 13.1 Å². The third-order valence-electron chi connectivity index (χ3n) is 3.95. The quantitative estimate of drug-likeness (QED) is 0.513. The summed E-state index contributed by atoms with van der Waals surface area (Å²) in [6.45, 7) is 3.72. The summed E-state index contributed by atoms with van der Waals surface area (Å²) in [4.78, 5) is 23.2. The van der Waals surface area contributed by atoms with Gasteiger partial charge in [0, 0.05) is 12.0 Å². The second-order valence-electron chi connectivity index (χ2n) is 5.44. The van der Waals surface area contributed by atoms with E-state index in [0.717, 1.165) is 5.56 Å². The first-order chi connectivity index (χ1) is 9.82. The maximum atomic E-state index is 12.3. The van der Waals surface area contributed by atoms with E-state index in [-0.39, 0.29) is 12.2 Å². The molecule has 0 saturated heterocycles. The third kappa shape index (κ3) is 3.00. The molecule has 112 valence electrons. The molecular weight excluding hydrogens is 273 g/mol. The molecule has 0 spiro atoms. The van der Waals surface area contributed by atoms with Gasteiger partial charge in [-0.25, -0.2) is 0 Å². The van der Waals surface area contributed by atoms with Crippen LogP contribution in [0.25, 0.3) is 0 Å². The molecule has 1 aliphatic heterocycles. The van der Waals surface area contributed by atoms with Crippen LogP contribution in [0.1, 0.15) is 34.8 Å². The van der Waals surface area contributed by atoms with Crippen LogP contribution >= 0.6 is 0 Å². The lowest BCUT2D eigenvalue weighted by Crippen LogP contribution is -2.38. The van der Waals surface area contributed by atoms with Crippen LogP contribution in [0, 0.1) is 12.8 Å². The number of carboxylic acids is 1. The number of fused-ring (bicyclic) bond motifs is 1. The Morgan fingerprint density at radius 2 is 2.14 bits per heavy atom. The fourth-order valence-corrected chi connectivity index (χ4v) is 2.58. The van der Waals surface area contributed by atoms with E-state index >= 15 is 0 Å². The first kappa shape index (κ1) is 15.7. The Labute approximate surface area is 123 Å². The maximum absolute atomic E-state index is 12.3. The molecule has 1 unspecified atom stereocenters. The normalized spacial score (nSPS) is 16.5. The lowest BCUT2D eigenvalue weighted by molar-refractivity contribution is -0.139. The molecule has 1 aromatic rings. The SMILES string of the molecule is Cc1c(C(=O)CC(C)[C@H](N)C(=O)O)ccc2c1B(O)OC2. The zero-order chi connectivity index (χ0) is 15.7. The molecule has 21 heavy (non-hydrogen) atoms. The smallest absolute Gasteiger partial charge is 0.480 e. The summed E-state index contributed by atoms with van der Waals surface area (Å²) in [5, 5.41) is 18.6. The second-order valence-corrected chi connectivity index (χ2v) is 5.44. The van der Waals surface area contributed by atoms with Crippen molar-refractivity contribution in [3.63, 3.8) is 0 Å². The highest BCUT2D eigenvalue weighted by molar-refractivity contribution is 6.62. The van der Waals surface area contributed by atoms with E-state index in [1.165, 1.54) is 0 Å². The molecule has 0 aliphatic carbocycles. The van der Waals surface area contributed by atoms with Crippen LogP contribution in [0.4, 0.5) is 0 Å². The summed E-state index contributed by atoms with van der Waals surface area (Å²) < 4.78 is 5.14. The van der Waals surface area contributed by atoms with Crippen molar-refractivity contribution < 1.29 is 24.4 Å². The number of carbonyl (C=O) groups is 2. The summed E-state index contributed by atoms with van der Waals surface area (Å²) in [7, 11) is -1.01. The van der Waals surface area contributed by atoms with E-state index in [1.807, 2.05) is 0 Å². The Balaban J connectivity index is 2.21. The lowest BCUT2D eigenvalue weighted by Gasteiger charge is -2.16. The molecule has 1 aliphatic rings. The molecule has 7 heteroatoms. The lowest BCUT2D eigenvalue weighted by atomic mass is 9.74. The molecule has 2 atom stereocenters. The van der Waals surface area contributed by atoms with Gasteiger partial charge in [0.2, 0.25) is 0 Å². The second kappa shape index (κ2) is 5.97. The topological polar surface area (TPSA) is 110 Å². The highest BCUT2D eigenvalue weighted by Crippen LogP contribution is 2.19. The molecule has 0 amide bonds. The van der Waals surface area contributed by atoms with Gasteiger partial charge in [-0.1, -0.05) is 19.1 Å². The first-order valence-electron chi connectivity index (χ1n) is 6.76. The van der Waals surface area contributed by atoms with E-state index in [4.69, 9.17) is 15.5 Å². The van der Waals surface area contributed by atoms with Crippen LogP contribution in [0.15, 0.2) is 12.1 Å². The van der Waals surface area contributed by atoms with Crippen molar-refractivity contribution in [2.45, 2.75) is 32.9 Å². The Bertz CT molecular complexity index is 589. The molecule has 2 rings (SSSR count). The number of carboxylic acid groups (broad SMARTS) is 1. The van der Waals surface area contributed by atoms with Gasteiger partial charge < -0.3 is 20.5 Å². The third-order valence-corrected chi connectivity index (χ3v) is 3.95. The number of hydrogen-bond donors (Lipinski definition) is 3. The van der Waals surface area contributed by atoms with E-state index < -0.39 is 25.0 Å². The minimum Gasteiger partial charge on any atom is -0.480 e. The van der Waals surface area contributed by atoms with Crippen molar-refractivity contribution in [2.24, 2.45) is 11.7 Å². The van der Waals surface area contributed by atoms with Gasteiger partial charge in [0.15, 0.2) is 5.78 Å². The zero-order valence-corrected chi connectivity index (χ0v) is 12.0. The predicted molar refractivity (Wildman–Crippen MR) is 77.3 cm³/mol. The molecule has 4 N–H and O–H groups in total. The van der Waals surface area contributed by atoms with E-state index in [2.05, 4.69) is 0 Å². The average molecular weight is 291 g/mol. The first-order valence-corrected chi connectivity index (χ1v) is 6.76. The molecule has 1 heterocycles. The average Bonchev–Trinajstić information content (AvgIpc) is 2.80. The molecule has 6 nitrogen and oxygen atoms in total. The van der Waals surface area contributed by atoms with Crippen LogP contribution in [0.2, 0.25) is 0 Å². The van der Waals surface area contributed by atoms with Gasteiger partial charge in [-0.05, 0) is 29.4 Å². The van der Waals surface area contributed by atoms with E-state index in [1.54, 1.807) is 26.0 Å². The fraction of sp³-hybridized carbons (Fsp3) is 0.429. The van der Waals surface area contributed by atoms with Crippen LogP contribution in [-0.2, 0) is 16.1 Å². The minimum absolute atomic E-state index is 0.0457. The summed E-state index contributed by atoms with van der Waals surface area (Å²) in [5.74, 6) is -1.77. The van der Waals surface area contributed by atoms with Crippen molar-refractivity contribution in [1.82, 2.24) is 0 Å². The Hall–Kier alpha value is -1.70. The minimum atomic E-state index is -1.12. The molecule has 0 radical (unpaired) electrons. The number of benzene rings is 1. The molecule has 0 bridgehead atoms. The number of Topliss-reactive ketones (excluding diaryl/α,β-unsaturated/α-hetero) is 1. The molecule has 0 fully saturated rings. The van der Waals surface area contributed by atoms with Gasteiger partial charge in [-0.3, -0.25) is 9.59 Å². The molecular formula is C14H18BNO5. The highest BCUT2D eigenvalue weighted by Gasteiger charge is 2.31. The maximum Gasteiger partial charge on any atom is 0.492 e. The van der Waals surface area contributed by atoms with E-state index in [9.17, 15) is 14.6 Å². The number of nitrogens with two attached hydrogens (primary N) is 1. The Kier molecular flexibility index (Phi) is 4.46. The molecule has 0 aromatic heterocycles. The van der Waals surface area contributed by atoms with Crippen LogP contribution < -0.4 is 11.2 Å². The monoisotopic (exact) mass is 291 g/mol. The number of rotatable bonds is 5.